The maximum absolute atomic E-state index is 12.4. The molecule has 1 amide bonds. The third-order valence-corrected chi connectivity index (χ3v) is 3.52. The highest BCUT2D eigenvalue weighted by molar-refractivity contribution is 9.10. The fraction of sp³-hybridized carbons (Fsp3) is 0.0625. The van der Waals surface area contributed by atoms with Crippen molar-refractivity contribution in [3.8, 4) is 11.4 Å². The normalized spacial score (nSPS) is 10.5. The smallest absolute Gasteiger partial charge is 0.255 e. The van der Waals surface area contributed by atoms with Crippen LogP contribution in [0.25, 0.3) is 11.4 Å². The second-order valence-corrected chi connectivity index (χ2v) is 5.56. The van der Waals surface area contributed by atoms with Gasteiger partial charge in [0, 0.05) is 22.5 Å². The number of para-hydroxylation sites is 1. The van der Waals surface area contributed by atoms with Gasteiger partial charge in [-0.2, -0.15) is 4.98 Å². The molecule has 0 aliphatic heterocycles. The summed E-state index contributed by atoms with van der Waals surface area (Å²) in [7, 11) is 0. The van der Waals surface area contributed by atoms with Crippen LogP contribution in [0.4, 0.5) is 5.69 Å². The number of hydrogen-bond donors (Lipinski definition) is 1. The highest BCUT2D eigenvalue weighted by Crippen LogP contribution is 2.26. The molecule has 3 aromatic rings. The SMILES string of the molecule is Cc1nc(-c2ccccc2NC(=O)c2cccc(Br)c2)no1. The van der Waals surface area contributed by atoms with Crippen LogP contribution in [0.2, 0.25) is 0 Å². The van der Waals surface area contributed by atoms with Crippen molar-refractivity contribution < 1.29 is 9.32 Å². The van der Waals surface area contributed by atoms with E-state index >= 15 is 0 Å². The zero-order valence-electron chi connectivity index (χ0n) is 11.7. The number of nitrogens with one attached hydrogen (secondary N) is 1. The summed E-state index contributed by atoms with van der Waals surface area (Å²) in [4.78, 5) is 16.6. The Morgan fingerprint density at radius 1 is 1.18 bits per heavy atom. The summed E-state index contributed by atoms with van der Waals surface area (Å²) in [5.41, 5.74) is 1.91. The summed E-state index contributed by atoms with van der Waals surface area (Å²) in [5.74, 6) is 0.722. The van der Waals surface area contributed by atoms with E-state index in [1.165, 1.54) is 0 Å². The summed E-state index contributed by atoms with van der Waals surface area (Å²) >= 11 is 3.36. The van der Waals surface area contributed by atoms with Gasteiger partial charge in [-0.3, -0.25) is 4.79 Å². The molecule has 0 aliphatic carbocycles. The third-order valence-electron chi connectivity index (χ3n) is 3.03. The first-order valence-corrected chi connectivity index (χ1v) is 7.39. The number of hydrogen-bond acceptors (Lipinski definition) is 4. The molecule has 0 spiro atoms. The number of aryl methyl sites for hydroxylation is 1. The Balaban J connectivity index is 1.91. The van der Waals surface area contributed by atoms with Gasteiger partial charge in [0.05, 0.1) is 5.69 Å². The van der Waals surface area contributed by atoms with Crippen molar-refractivity contribution in [2.45, 2.75) is 6.92 Å². The number of nitrogens with zero attached hydrogens (tertiary/aromatic N) is 2. The largest absolute Gasteiger partial charge is 0.339 e. The highest BCUT2D eigenvalue weighted by atomic mass is 79.9. The standard InChI is InChI=1S/C16H12BrN3O2/c1-10-18-15(20-22-10)13-7-2-3-8-14(13)19-16(21)11-5-4-6-12(17)9-11/h2-9H,1H3,(H,19,21). The van der Waals surface area contributed by atoms with Gasteiger partial charge in [-0.05, 0) is 30.3 Å². The van der Waals surface area contributed by atoms with Crippen LogP contribution in [-0.4, -0.2) is 16.0 Å². The fourth-order valence-electron chi connectivity index (χ4n) is 2.02. The van der Waals surface area contributed by atoms with Crippen molar-refractivity contribution in [3.63, 3.8) is 0 Å². The molecule has 1 N–H and O–H groups in total. The lowest BCUT2D eigenvalue weighted by molar-refractivity contribution is 0.102. The van der Waals surface area contributed by atoms with Crippen LogP contribution in [0.5, 0.6) is 0 Å². The minimum Gasteiger partial charge on any atom is -0.339 e. The molecular weight excluding hydrogens is 346 g/mol. The predicted octanol–water partition coefficient (Wildman–Crippen LogP) is 4.06. The molecule has 0 atom stereocenters. The van der Waals surface area contributed by atoms with E-state index in [2.05, 4.69) is 31.4 Å². The molecule has 22 heavy (non-hydrogen) atoms. The Labute approximate surface area is 135 Å². The Hall–Kier alpha value is -2.47. The fourth-order valence-corrected chi connectivity index (χ4v) is 2.42. The molecule has 0 unspecified atom stereocenters. The third kappa shape index (κ3) is 3.07. The summed E-state index contributed by atoms with van der Waals surface area (Å²) < 4.78 is 5.85. The highest BCUT2D eigenvalue weighted by Gasteiger charge is 2.13. The Morgan fingerprint density at radius 3 is 2.73 bits per heavy atom. The number of carbonyl (C=O) groups is 1. The molecule has 0 saturated carbocycles. The van der Waals surface area contributed by atoms with Crippen molar-refractivity contribution in [2.75, 3.05) is 5.32 Å². The maximum Gasteiger partial charge on any atom is 0.255 e. The zero-order chi connectivity index (χ0) is 15.5. The van der Waals surface area contributed by atoms with Gasteiger partial charge in [0.25, 0.3) is 5.91 Å². The van der Waals surface area contributed by atoms with Gasteiger partial charge in [0.15, 0.2) is 0 Å². The number of aromatic nitrogens is 2. The van der Waals surface area contributed by atoms with Crippen LogP contribution < -0.4 is 5.32 Å². The van der Waals surface area contributed by atoms with Crippen LogP contribution in [0, 0.1) is 6.92 Å². The molecule has 3 rings (SSSR count). The van der Waals surface area contributed by atoms with Crippen molar-refractivity contribution in [2.24, 2.45) is 0 Å². The van der Waals surface area contributed by atoms with Crippen LogP contribution in [-0.2, 0) is 0 Å². The van der Waals surface area contributed by atoms with Gasteiger partial charge >= 0.3 is 0 Å². The molecule has 0 aliphatic rings. The molecule has 0 fully saturated rings. The molecule has 0 saturated heterocycles. The Kier molecular flexibility index (Phi) is 4.02. The minimum absolute atomic E-state index is 0.200. The lowest BCUT2D eigenvalue weighted by atomic mass is 10.1. The zero-order valence-corrected chi connectivity index (χ0v) is 13.3. The van der Waals surface area contributed by atoms with E-state index < -0.39 is 0 Å². The van der Waals surface area contributed by atoms with Gasteiger partial charge in [-0.15, -0.1) is 0 Å². The van der Waals surface area contributed by atoms with E-state index in [0.717, 1.165) is 4.47 Å². The first-order valence-electron chi connectivity index (χ1n) is 6.60. The topological polar surface area (TPSA) is 68.0 Å². The van der Waals surface area contributed by atoms with E-state index in [1.54, 1.807) is 25.1 Å². The first-order chi connectivity index (χ1) is 10.6. The van der Waals surface area contributed by atoms with E-state index in [-0.39, 0.29) is 5.91 Å². The maximum atomic E-state index is 12.4. The Bertz CT molecular complexity index is 830. The van der Waals surface area contributed by atoms with Gasteiger partial charge in [-0.1, -0.05) is 39.3 Å². The second kappa shape index (κ2) is 6.11. The van der Waals surface area contributed by atoms with Crippen LogP contribution in [0.15, 0.2) is 57.5 Å². The van der Waals surface area contributed by atoms with Gasteiger partial charge in [-0.25, -0.2) is 0 Å². The number of benzene rings is 2. The monoisotopic (exact) mass is 357 g/mol. The van der Waals surface area contributed by atoms with Crippen LogP contribution in [0.3, 0.4) is 0 Å². The molecule has 6 heteroatoms. The number of amides is 1. The molecule has 2 aromatic carbocycles. The number of carbonyl (C=O) groups excluding carboxylic acids is 1. The predicted molar refractivity (Wildman–Crippen MR) is 86.6 cm³/mol. The minimum atomic E-state index is -0.200. The van der Waals surface area contributed by atoms with E-state index in [9.17, 15) is 4.79 Å². The summed E-state index contributed by atoms with van der Waals surface area (Å²) in [6, 6.07) is 14.5. The Morgan fingerprint density at radius 2 is 2.00 bits per heavy atom. The van der Waals surface area contributed by atoms with E-state index in [0.29, 0.717) is 28.5 Å². The van der Waals surface area contributed by atoms with E-state index in [1.807, 2.05) is 30.3 Å². The summed E-state index contributed by atoms with van der Waals surface area (Å²) in [6.45, 7) is 1.72. The molecular formula is C16H12BrN3O2. The van der Waals surface area contributed by atoms with Crippen molar-refractivity contribution in [1.29, 1.82) is 0 Å². The summed E-state index contributed by atoms with van der Waals surface area (Å²) in [6.07, 6.45) is 0. The number of rotatable bonds is 3. The molecule has 0 radical (unpaired) electrons. The van der Waals surface area contributed by atoms with Gasteiger partial charge in [0.2, 0.25) is 11.7 Å². The molecule has 110 valence electrons. The second-order valence-electron chi connectivity index (χ2n) is 4.65. The number of halogens is 1. The lowest BCUT2D eigenvalue weighted by Crippen LogP contribution is -2.12. The number of anilines is 1. The molecule has 1 aromatic heterocycles. The van der Waals surface area contributed by atoms with E-state index in [4.69, 9.17) is 4.52 Å². The van der Waals surface area contributed by atoms with Crippen LogP contribution in [0.1, 0.15) is 16.2 Å². The molecule has 5 nitrogen and oxygen atoms in total. The van der Waals surface area contributed by atoms with Gasteiger partial charge < -0.3 is 9.84 Å². The average molecular weight is 358 g/mol. The average Bonchev–Trinajstić information content (AvgIpc) is 2.94. The first kappa shape index (κ1) is 14.5. The van der Waals surface area contributed by atoms with Crippen molar-refractivity contribution in [1.82, 2.24) is 10.1 Å². The van der Waals surface area contributed by atoms with Crippen LogP contribution >= 0.6 is 15.9 Å². The summed E-state index contributed by atoms with van der Waals surface area (Å²) in [5, 5.41) is 6.78. The van der Waals surface area contributed by atoms with Crippen molar-refractivity contribution in [3.05, 3.63) is 64.5 Å². The molecule has 0 bridgehead atoms. The van der Waals surface area contributed by atoms with Gasteiger partial charge in [0.1, 0.15) is 0 Å². The lowest BCUT2D eigenvalue weighted by Gasteiger charge is -2.09. The van der Waals surface area contributed by atoms with Crippen molar-refractivity contribution >= 4 is 27.5 Å². The quantitative estimate of drug-likeness (QED) is 0.767. The molecule has 1 heterocycles.